The van der Waals surface area contributed by atoms with Gasteiger partial charge in [-0.25, -0.2) is 9.37 Å². The van der Waals surface area contributed by atoms with Crippen molar-refractivity contribution in [3.63, 3.8) is 0 Å². The Labute approximate surface area is 81.4 Å². The van der Waals surface area contributed by atoms with E-state index in [1.54, 1.807) is 25.1 Å². The van der Waals surface area contributed by atoms with Crippen LogP contribution in [0.15, 0.2) is 28.7 Å². The summed E-state index contributed by atoms with van der Waals surface area (Å²) in [7, 11) is 0. The Morgan fingerprint density at radius 2 is 2.07 bits per heavy atom. The van der Waals surface area contributed by atoms with Crippen LogP contribution in [-0.4, -0.2) is 4.98 Å². The highest BCUT2D eigenvalue weighted by Crippen LogP contribution is 2.23. The Kier molecular flexibility index (Phi) is 2.08. The topological polar surface area (TPSA) is 26.0 Å². The molecule has 3 heteroatoms. The number of halogens is 1. The predicted molar refractivity (Wildman–Crippen MR) is 51.1 cm³/mol. The molecule has 71 valence electrons. The fraction of sp³-hybridized carbons (Fsp3) is 0.0909. The number of oxazole rings is 1. The minimum Gasteiger partial charge on any atom is -0.441 e. The van der Waals surface area contributed by atoms with Crippen LogP contribution >= 0.6 is 0 Å². The summed E-state index contributed by atoms with van der Waals surface area (Å²) in [6.07, 6.45) is 0. The fourth-order valence-corrected chi connectivity index (χ4v) is 1.18. The monoisotopic (exact) mass is 190 g/mol. The molecule has 1 aromatic carbocycles. The minimum absolute atomic E-state index is 0.283. The molecule has 0 aliphatic rings. The first kappa shape index (κ1) is 8.94. The van der Waals surface area contributed by atoms with E-state index in [0.29, 0.717) is 17.0 Å². The van der Waals surface area contributed by atoms with E-state index < -0.39 is 0 Å². The first-order valence-electron chi connectivity index (χ1n) is 4.23. The molecule has 2 aromatic rings. The SMILES string of the molecule is [CH2]c1nc(-c2ccccc2F)oc1C. The van der Waals surface area contributed by atoms with Gasteiger partial charge in [-0.05, 0) is 26.0 Å². The molecular formula is C11H9FNO. The third kappa shape index (κ3) is 1.41. The highest BCUT2D eigenvalue weighted by atomic mass is 19.1. The third-order valence-electron chi connectivity index (χ3n) is 2.00. The lowest BCUT2D eigenvalue weighted by atomic mass is 10.2. The van der Waals surface area contributed by atoms with Crippen molar-refractivity contribution in [3.8, 4) is 11.5 Å². The number of hydrogen-bond acceptors (Lipinski definition) is 2. The highest BCUT2D eigenvalue weighted by molar-refractivity contribution is 5.54. The fourth-order valence-electron chi connectivity index (χ4n) is 1.18. The highest BCUT2D eigenvalue weighted by Gasteiger charge is 2.11. The van der Waals surface area contributed by atoms with Gasteiger partial charge in [0.15, 0.2) is 0 Å². The first-order valence-corrected chi connectivity index (χ1v) is 4.23. The van der Waals surface area contributed by atoms with Gasteiger partial charge in [-0.1, -0.05) is 12.1 Å². The van der Waals surface area contributed by atoms with Crippen molar-refractivity contribution >= 4 is 0 Å². The Bertz CT molecular complexity index is 443. The molecule has 0 N–H and O–H groups in total. The lowest BCUT2D eigenvalue weighted by Gasteiger charge is -1.95. The summed E-state index contributed by atoms with van der Waals surface area (Å²) in [4.78, 5) is 4.02. The molecule has 0 unspecified atom stereocenters. The van der Waals surface area contributed by atoms with Crippen molar-refractivity contribution < 1.29 is 8.81 Å². The van der Waals surface area contributed by atoms with Gasteiger partial charge in [0.05, 0.1) is 11.3 Å². The zero-order valence-corrected chi connectivity index (χ0v) is 7.75. The van der Waals surface area contributed by atoms with Gasteiger partial charge in [0.2, 0.25) is 5.89 Å². The van der Waals surface area contributed by atoms with Crippen LogP contribution in [0, 0.1) is 19.7 Å². The molecule has 0 atom stereocenters. The van der Waals surface area contributed by atoms with Gasteiger partial charge in [-0.15, -0.1) is 0 Å². The van der Waals surface area contributed by atoms with Gasteiger partial charge in [-0.3, -0.25) is 0 Å². The van der Waals surface area contributed by atoms with Crippen molar-refractivity contribution in [2.45, 2.75) is 6.92 Å². The van der Waals surface area contributed by atoms with Crippen molar-refractivity contribution in [3.05, 3.63) is 48.5 Å². The molecule has 1 heterocycles. The van der Waals surface area contributed by atoms with Crippen LogP contribution in [0.4, 0.5) is 4.39 Å². The summed E-state index contributed by atoms with van der Waals surface area (Å²) in [5, 5.41) is 0. The van der Waals surface area contributed by atoms with Crippen LogP contribution < -0.4 is 0 Å². The molecular weight excluding hydrogens is 181 g/mol. The van der Waals surface area contributed by atoms with E-state index in [0.717, 1.165) is 0 Å². The molecule has 0 saturated heterocycles. The Balaban J connectivity index is 2.55. The lowest BCUT2D eigenvalue weighted by Crippen LogP contribution is -1.83. The summed E-state index contributed by atoms with van der Waals surface area (Å²) in [6, 6.07) is 6.36. The molecule has 0 amide bonds. The van der Waals surface area contributed by atoms with E-state index in [2.05, 4.69) is 11.9 Å². The average Bonchev–Trinajstić information content (AvgIpc) is 2.48. The first-order chi connectivity index (χ1) is 6.68. The van der Waals surface area contributed by atoms with Crippen LogP contribution in [0.3, 0.4) is 0 Å². The van der Waals surface area contributed by atoms with Gasteiger partial charge in [0, 0.05) is 0 Å². The number of aromatic nitrogens is 1. The van der Waals surface area contributed by atoms with E-state index in [9.17, 15) is 4.39 Å². The lowest BCUT2D eigenvalue weighted by molar-refractivity contribution is 0.534. The average molecular weight is 190 g/mol. The maximum absolute atomic E-state index is 13.3. The van der Waals surface area contributed by atoms with Gasteiger partial charge in [0.1, 0.15) is 11.6 Å². The van der Waals surface area contributed by atoms with Crippen LogP contribution in [-0.2, 0) is 0 Å². The van der Waals surface area contributed by atoms with Crippen molar-refractivity contribution in [2.75, 3.05) is 0 Å². The molecule has 0 spiro atoms. The van der Waals surface area contributed by atoms with Crippen molar-refractivity contribution in [2.24, 2.45) is 0 Å². The molecule has 14 heavy (non-hydrogen) atoms. The van der Waals surface area contributed by atoms with Crippen LogP contribution in [0.25, 0.3) is 11.5 Å². The molecule has 0 aliphatic heterocycles. The second-order valence-corrected chi connectivity index (χ2v) is 3.00. The third-order valence-corrected chi connectivity index (χ3v) is 2.00. The van der Waals surface area contributed by atoms with Crippen molar-refractivity contribution in [1.82, 2.24) is 4.98 Å². The van der Waals surface area contributed by atoms with Crippen LogP contribution in [0.2, 0.25) is 0 Å². The van der Waals surface area contributed by atoms with Crippen LogP contribution in [0.1, 0.15) is 11.5 Å². The van der Waals surface area contributed by atoms with Gasteiger partial charge in [-0.2, -0.15) is 0 Å². The quantitative estimate of drug-likeness (QED) is 0.690. The van der Waals surface area contributed by atoms with Gasteiger partial charge < -0.3 is 4.42 Å². The Morgan fingerprint density at radius 3 is 2.64 bits per heavy atom. The molecule has 0 fully saturated rings. The standard InChI is InChI=1S/C11H9FNO/c1-7-8(2)14-11(13-7)9-5-3-4-6-10(9)12/h3-6H,1H2,2H3. The molecule has 1 radical (unpaired) electrons. The number of benzene rings is 1. The van der Waals surface area contributed by atoms with E-state index in [-0.39, 0.29) is 11.7 Å². The van der Waals surface area contributed by atoms with E-state index in [4.69, 9.17) is 4.42 Å². The minimum atomic E-state index is -0.339. The molecule has 0 bridgehead atoms. The number of aryl methyl sites for hydroxylation is 1. The molecule has 2 nitrogen and oxygen atoms in total. The van der Waals surface area contributed by atoms with Gasteiger partial charge >= 0.3 is 0 Å². The smallest absolute Gasteiger partial charge is 0.229 e. The second-order valence-electron chi connectivity index (χ2n) is 3.00. The van der Waals surface area contributed by atoms with E-state index in [1.807, 2.05) is 0 Å². The van der Waals surface area contributed by atoms with Crippen LogP contribution in [0.5, 0.6) is 0 Å². The molecule has 0 saturated carbocycles. The molecule has 0 aliphatic carbocycles. The largest absolute Gasteiger partial charge is 0.441 e. The maximum Gasteiger partial charge on any atom is 0.229 e. The number of hydrogen-bond donors (Lipinski definition) is 0. The van der Waals surface area contributed by atoms with E-state index >= 15 is 0 Å². The Hall–Kier alpha value is -1.64. The zero-order valence-electron chi connectivity index (χ0n) is 7.75. The summed E-state index contributed by atoms with van der Waals surface area (Å²) < 4.78 is 18.6. The zero-order chi connectivity index (χ0) is 10.1. The summed E-state index contributed by atoms with van der Waals surface area (Å²) in [5.74, 6) is 0.558. The summed E-state index contributed by atoms with van der Waals surface area (Å²) in [5.41, 5.74) is 0.911. The van der Waals surface area contributed by atoms with E-state index in [1.165, 1.54) is 6.07 Å². The summed E-state index contributed by atoms with van der Waals surface area (Å²) in [6.45, 7) is 5.42. The Morgan fingerprint density at radius 1 is 1.36 bits per heavy atom. The van der Waals surface area contributed by atoms with Crippen molar-refractivity contribution in [1.29, 1.82) is 0 Å². The summed E-state index contributed by atoms with van der Waals surface area (Å²) >= 11 is 0. The number of rotatable bonds is 1. The molecule has 2 rings (SSSR count). The van der Waals surface area contributed by atoms with Gasteiger partial charge in [0.25, 0.3) is 0 Å². The normalized spacial score (nSPS) is 10.5. The second kappa shape index (κ2) is 3.25. The number of nitrogens with zero attached hydrogens (tertiary/aromatic N) is 1. The molecule has 1 aromatic heterocycles. The predicted octanol–water partition coefficient (Wildman–Crippen LogP) is 2.97. The maximum atomic E-state index is 13.3.